The van der Waals surface area contributed by atoms with E-state index in [0.717, 1.165) is 43.6 Å². The number of para-hydroxylation sites is 2. The summed E-state index contributed by atoms with van der Waals surface area (Å²) in [6.07, 6.45) is -0.0601. The smallest absolute Gasteiger partial charge is 0.234 e. The van der Waals surface area contributed by atoms with Crippen molar-refractivity contribution in [2.75, 3.05) is 73.7 Å². The highest BCUT2D eigenvalue weighted by atomic mass is 127. The van der Waals surface area contributed by atoms with Gasteiger partial charge in [0.15, 0.2) is 17.5 Å². The molecule has 2 rings (SSSR count). The molecular weight excluding hydrogens is 513 g/mol. The van der Waals surface area contributed by atoms with E-state index in [1.165, 1.54) is 0 Å². The molecule has 0 aromatic heterocycles. The van der Waals surface area contributed by atoms with E-state index >= 15 is 0 Å². The SMILES string of the molecule is CN=C(NCC(C)Oc1ccccc1OC)N1CCN(CC(=O)NCCOC)CC1.I. The second kappa shape index (κ2) is 15.1. The van der Waals surface area contributed by atoms with Crippen molar-refractivity contribution >= 4 is 35.8 Å². The average molecular weight is 549 g/mol. The summed E-state index contributed by atoms with van der Waals surface area (Å²) in [7, 11) is 5.04. The Morgan fingerprint density at radius 1 is 1.13 bits per heavy atom. The Morgan fingerprint density at radius 2 is 1.81 bits per heavy atom. The summed E-state index contributed by atoms with van der Waals surface area (Å²) in [5, 5.41) is 6.24. The quantitative estimate of drug-likeness (QED) is 0.195. The maximum atomic E-state index is 12.0. The number of carbonyl (C=O) groups is 1. The molecule has 1 amide bonds. The fourth-order valence-corrected chi connectivity index (χ4v) is 3.21. The number of hydrogen-bond acceptors (Lipinski definition) is 6. The van der Waals surface area contributed by atoms with E-state index in [1.54, 1.807) is 21.3 Å². The van der Waals surface area contributed by atoms with Gasteiger partial charge in [0.05, 0.1) is 26.8 Å². The zero-order valence-electron chi connectivity index (χ0n) is 18.9. The monoisotopic (exact) mass is 549 g/mol. The van der Waals surface area contributed by atoms with Crippen LogP contribution in [0.1, 0.15) is 6.92 Å². The Balaban J connectivity index is 0.00000480. The van der Waals surface area contributed by atoms with E-state index in [9.17, 15) is 4.79 Å². The van der Waals surface area contributed by atoms with Gasteiger partial charge in [-0.3, -0.25) is 14.7 Å². The van der Waals surface area contributed by atoms with Crippen LogP contribution in [0, 0.1) is 0 Å². The van der Waals surface area contributed by atoms with Crippen LogP contribution < -0.4 is 20.1 Å². The maximum absolute atomic E-state index is 12.0. The van der Waals surface area contributed by atoms with Crippen LogP contribution >= 0.6 is 24.0 Å². The Bertz CT molecular complexity index is 683. The van der Waals surface area contributed by atoms with Crippen LogP contribution in [0.2, 0.25) is 0 Å². The topological polar surface area (TPSA) is 87.7 Å². The number of halogens is 1. The molecule has 1 unspecified atom stereocenters. The second-order valence-electron chi connectivity index (χ2n) is 7.11. The highest BCUT2D eigenvalue weighted by Crippen LogP contribution is 2.26. The molecule has 1 aliphatic heterocycles. The molecule has 1 aromatic carbocycles. The maximum Gasteiger partial charge on any atom is 0.234 e. The first-order valence-electron chi connectivity index (χ1n) is 10.3. The number of nitrogens with one attached hydrogen (secondary N) is 2. The average Bonchev–Trinajstić information content (AvgIpc) is 2.76. The number of aliphatic imine (C=N–C) groups is 1. The Labute approximate surface area is 202 Å². The number of piperazine rings is 1. The number of benzene rings is 1. The van der Waals surface area contributed by atoms with Crippen LogP contribution in [0.4, 0.5) is 0 Å². The lowest BCUT2D eigenvalue weighted by molar-refractivity contribution is -0.122. The largest absolute Gasteiger partial charge is 0.493 e. The van der Waals surface area contributed by atoms with E-state index in [2.05, 4.69) is 25.4 Å². The van der Waals surface area contributed by atoms with E-state index < -0.39 is 0 Å². The number of guanidine groups is 1. The van der Waals surface area contributed by atoms with Gasteiger partial charge in [-0.05, 0) is 19.1 Å². The number of rotatable bonds is 10. The van der Waals surface area contributed by atoms with Crippen LogP contribution in [0.25, 0.3) is 0 Å². The first-order valence-corrected chi connectivity index (χ1v) is 10.3. The van der Waals surface area contributed by atoms with Gasteiger partial charge in [-0.2, -0.15) is 0 Å². The van der Waals surface area contributed by atoms with Crippen molar-refractivity contribution in [2.45, 2.75) is 13.0 Å². The number of ether oxygens (including phenoxy) is 3. The van der Waals surface area contributed by atoms with Crippen molar-refractivity contribution in [2.24, 2.45) is 4.99 Å². The van der Waals surface area contributed by atoms with Gasteiger partial charge in [0.25, 0.3) is 0 Å². The molecule has 0 bridgehead atoms. The van der Waals surface area contributed by atoms with Crippen molar-refractivity contribution in [3.63, 3.8) is 0 Å². The summed E-state index contributed by atoms with van der Waals surface area (Å²) < 4.78 is 16.3. The van der Waals surface area contributed by atoms with E-state index in [4.69, 9.17) is 14.2 Å². The molecule has 1 heterocycles. The molecule has 2 N–H and O–H groups in total. The lowest BCUT2D eigenvalue weighted by Crippen LogP contribution is -2.54. The fourth-order valence-electron chi connectivity index (χ4n) is 3.21. The molecule has 1 aromatic rings. The molecule has 1 aliphatic rings. The minimum atomic E-state index is -0.0601. The molecule has 1 saturated heterocycles. The fraction of sp³-hybridized carbons (Fsp3) is 0.619. The van der Waals surface area contributed by atoms with Crippen molar-refractivity contribution in [3.05, 3.63) is 24.3 Å². The van der Waals surface area contributed by atoms with Crippen molar-refractivity contribution in [3.8, 4) is 11.5 Å². The predicted molar refractivity (Wildman–Crippen MR) is 133 cm³/mol. The third-order valence-corrected chi connectivity index (χ3v) is 4.82. The molecular formula is C21H36IN5O4. The first kappa shape index (κ1) is 27.2. The molecule has 176 valence electrons. The number of methoxy groups -OCH3 is 2. The van der Waals surface area contributed by atoms with Crippen LogP contribution in [-0.2, 0) is 9.53 Å². The third kappa shape index (κ3) is 9.48. The third-order valence-electron chi connectivity index (χ3n) is 4.82. The summed E-state index contributed by atoms with van der Waals surface area (Å²) in [4.78, 5) is 20.7. The molecule has 1 fully saturated rings. The van der Waals surface area contributed by atoms with Gasteiger partial charge in [0, 0.05) is 46.9 Å². The lowest BCUT2D eigenvalue weighted by atomic mass is 10.3. The van der Waals surface area contributed by atoms with Crippen LogP contribution in [0.5, 0.6) is 11.5 Å². The van der Waals surface area contributed by atoms with Crippen molar-refractivity contribution in [1.82, 2.24) is 20.4 Å². The van der Waals surface area contributed by atoms with E-state index in [-0.39, 0.29) is 36.0 Å². The summed E-state index contributed by atoms with van der Waals surface area (Å²) in [5.41, 5.74) is 0. The number of hydrogen-bond donors (Lipinski definition) is 2. The molecule has 9 nitrogen and oxygen atoms in total. The highest BCUT2D eigenvalue weighted by Gasteiger charge is 2.21. The van der Waals surface area contributed by atoms with Crippen LogP contribution in [0.3, 0.4) is 0 Å². The van der Waals surface area contributed by atoms with Gasteiger partial charge in [0.2, 0.25) is 5.91 Å². The molecule has 10 heteroatoms. The standard InChI is InChI=1S/C21H35N5O4.HI/c1-17(30-19-8-6-5-7-18(19)29-4)15-24-21(22-2)26-12-10-25(11-13-26)16-20(27)23-9-14-28-3;/h5-8,17H,9-16H2,1-4H3,(H,22,24)(H,23,27);1H. The summed E-state index contributed by atoms with van der Waals surface area (Å²) in [6, 6.07) is 7.62. The van der Waals surface area contributed by atoms with Gasteiger partial charge in [-0.25, -0.2) is 0 Å². The summed E-state index contributed by atoms with van der Waals surface area (Å²) in [6.45, 7) is 7.35. The zero-order chi connectivity index (χ0) is 21.8. The predicted octanol–water partition coefficient (Wildman–Crippen LogP) is 1.04. The molecule has 31 heavy (non-hydrogen) atoms. The first-order chi connectivity index (χ1) is 14.6. The van der Waals surface area contributed by atoms with Gasteiger partial charge in [-0.15, -0.1) is 24.0 Å². The number of carbonyl (C=O) groups excluding carboxylic acids is 1. The second-order valence-corrected chi connectivity index (χ2v) is 7.11. The van der Waals surface area contributed by atoms with Gasteiger partial charge in [-0.1, -0.05) is 12.1 Å². The molecule has 1 atom stereocenters. The summed E-state index contributed by atoms with van der Waals surface area (Å²) in [5.74, 6) is 2.32. The minimum absolute atomic E-state index is 0. The van der Waals surface area contributed by atoms with Crippen molar-refractivity contribution < 1.29 is 19.0 Å². The van der Waals surface area contributed by atoms with Crippen molar-refractivity contribution in [1.29, 1.82) is 0 Å². The Morgan fingerprint density at radius 3 is 2.42 bits per heavy atom. The van der Waals surface area contributed by atoms with Gasteiger partial charge < -0.3 is 29.7 Å². The molecule has 0 radical (unpaired) electrons. The van der Waals surface area contributed by atoms with E-state index in [0.29, 0.717) is 26.2 Å². The molecule has 0 aliphatic carbocycles. The minimum Gasteiger partial charge on any atom is -0.493 e. The van der Waals surface area contributed by atoms with Gasteiger partial charge >= 0.3 is 0 Å². The zero-order valence-corrected chi connectivity index (χ0v) is 21.3. The van der Waals surface area contributed by atoms with Crippen LogP contribution in [-0.4, -0.2) is 101 Å². The molecule has 0 saturated carbocycles. The normalized spacial score (nSPS) is 15.6. The van der Waals surface area contributed by atoms with Crippen LogP contribution in [0.15, 0.2) is 29.3 Å². The number of amides is 1. The summed E-state index contributed by atoms with van der Waals surface area (Å²) >= 11 is 0. The Hall–Kier alpha value is -1.79. The highest BCUT2D eigenvalue weighted by molar-refractivity contribution is 14.0. The number of nitrogens with zero attached hydrogens (tertiary/aromatic N) is 3. The van der Waals surface area contributed by atoms with Gasteiger partial charge in [0.1, 0.15) is 6.10 Å². The Kier molecular flexibility index (Phi) is 13.3. The molecule has 0 spiro atoms. The van der Waals surface area contributed by atoms with E-state index in [1.807, 2.05) is 31.2 Å². The lowest BCUT2D eigenvalue weighted by Gasteiger charge is -2.36.